The molecule has 0 radical (unpaired) electrons. The topological polar surface area (TPSA) is 35.2 Å². The first kappa shape index (κ1) is 12.8. The molecular weight excluding hydrogens is 230 g/mol. The Labute approximate surface area is 108 Å². The van der Waals surface area contributed by atoms with Gasteiger partial charge in [-0.1, -0.05) is 6.92 Å². The molecule has 2 rings (SSSR count). The van der Waals surface area contributed by atoms with E-state index >= 15 is 0 Å². The predicted octanol–water partition coefficient (Wildman–Crippen LogP) is 3.30. The molecule has 0 aliphatic heterocycles. The summed E-state index contributed by atoms with van der Waals surface area (Å²) in [6.45, 7) is 2.33. The van der Waals surface area contributed by atoms with Gasteiger partial charge in [-0.3, -0.25) is 0 Å². The summed E-state index contributed by atoms with van der Waals surface area (Å²) >= 11 is 1.92. The van der Waals surface area contributed by atoms with E-state index in [0.717, 1.165) is 18.1 Å². The molecule has 94 valence electrons. The fourth-order valence-corrected chi connectivity index (χ4v) is 3.70. The van der Waals surface area contributed by atoms with Crippen molar-refractivity contribution in [1.82, 2.24) is 0 Å². The summed E-state index contributed by atoms with van der Waals surface area (Å²) in [6.07, 6.45) is 3.67. The van der Waals surface area contributed by atoms with Crippen LogP contribution in [0.4, 0.5) is 0 Å². The monoisotopic (exact) mass is 251 g/mol. The van der Waals surface area contributed by atoms with Crippen molar-refractivity contribution in [3.63, 3.8) is 0 Å². The first-order valence-electron chi connectivity index (χ1n) is 6.25. The molecule has 0 spiro atoms. The number of hydrogen-bond acceptors (Lipinski definition) is 3. The van der Waals surface area contributed by atoms with Gasteiger partial charge in [-0.2, -0.15) is 0 Å². The lowest BCUT2D eigenvalue weighted by Gasteiger charge is -2.32. The lowest BCUT2D eigenvalue weighted by Crippen LogP contribution is -2.37. The van der Waals surface area contributed by atoms with Gasteiger partial charge in [-0.15, -0.1) is 11.8 Å². The van der Waals surface area contributed by atoms with Gasteiger partial charge in [-0.25, -0.2) is 0 Å². The number of methoxy groups -OCH3 is 1. The Morgan fingerprint density at radius 2 is 1.94 bits per heavy atom. The van der Waals surface area contributed by atoms with Gasteiger partial charge in [0.05, 0.1) is 7.11 Å². The van der Waals surface area contributed by atoms with Gasteiger partial charge in [-0.05, 0) is 49.4 Å². The number of benzene rings is 1. The minimum atomic E-state index is 0.346. The highest BCUT2D eigenvalue weighted by atomic mass is 32.2. The average molecular weight is 251 g/mol. The molecule has 2 N–H and O–H groups in total. The average Bonchev–Trinajstić information content (AvgIpc) is 2.35. The van der Waals surface area contributed by atoms with Gasteiger partial charge in [0.2, 0.25) is 0 Å². The van der Waals surface area contributed by atoms with E-state index in [0.29, 0.717) is 11.3 Å². The first-order valence-corrected chi connectivity index (χ1v) is 7.13. The highest BCUT2D eigenvalue weighted by Crippen LogP contribution is 2.35. The second-order valence-electron chi connectivity index (χ2n) is 4.91. The zero-order valence-electron chi connectivity index (χ0n) is 10.6. The Morgan fingerprint density at radius 3 is 2.59 bits per heavy atom. The Bertz CT molecular complexity index is 352. The van der Waals surface area contributed by atoms with E-state index in [-0.39, 0.29) is 0 Å². The van der Waals surface area contributed by atoms with Crippen LogP contribution in [0.3, 0.4) is 0 Å². The van der Waals surface area contributed by atoms with E-state index < -0.39 is 0 Å². The molecule has 0 aromatic heterocycles. The van der Waals surface area contributed by atoms with Crippen molar-refractivity contribution in [3.8, 4) is 5.75 Å². The molecule has 0 amide bonds. The van der Waals surface area contributed by atoms with Gasteiger partial charge < -0.3 is 10.5 Å². The van der Waals surface area contributed by atoms with Crippen LogP contribution in [-0.4, -0.2) is 18.4 Å². The van der Waals surface area contributed by atoms with Crippen LogP contribution in [0.25, 0.3) is 0 Å². The van der Waals surface area contributed by atoms with Crippen LogP contribution < -0.4 is 10.5 Å². The normalized spacial score (nSPS) is 29.0. The Kier molecular flexibility index (Phi) is 4.35. The Balaban J connectivity index is 1.98. The highest BCUT2D eigenvalue weighted by Gasteiger charge is 2.26. The molecule has 1 aliphatic carbocycles. The summed E-state index contributed by atoms with van der Waals surface area (Å²) in [6, 6.07) is 8.61. The fourth-order valence-electron chi connectivity index (χ4n) is 2.32. The highest BCUT2D eigenvalue weighted by molar-refractivity contribution is 8.00. The number of thioether (sulfide) groups is 1. The molecule has 2 nitrogen and oxygen atoms in total. The molecule has 1 saturated carbocycles. The standard InChI is InChI=1S/C14H21NOS/c1-10-3-8-13(15)14(9-10)17-12-6-4-11(16-2)5-7-12/h4-7,10,13-14H,3,8-9,15H2,1-2H3. The maximum absolute atomic E-state index is 6.20. The largest absolute Gasteiger partial charge is 0.497 e. The van der Waals surface area contributed by atoms with Crippen molar-refractivity contribution < 1.29 is 4.74 Å². The molecule has 0 saturated heterocycles. The van der Waals surface area contributed by atoms with E-state index in [9.17, 15) is 0 Å². The third kappa shape index (κ3) is 3.39. The van der Waals surface area contributed by atoms with Crippen LogP contribution in [0.5, 0.6) is 5.75 Å². The molecule has 3 atom stereocenters. The second kappa shape index (κ2) is 5.78. The van der Waals surface area contributed by atoms with Crippen LogP contribution in [0.1, 0.15) is 26.2 Å². The molecule has 1 aromatic rings. The van der Waals surface area contributed by atoms with Crippen LogP contribution >= 0.6 is 11.8 Å². The molecule has 1 fully saturated rings. The quantitative estimate of drug-likeness (QED) is 0.895. The molecule has 3 unspecified atom stereocenters. The summed E-state index contributed by atoms with van der Waals surface area (Å²) in [5, 5.41) is 0.562. The van der Waals surface area contributed by atoms with Crippen molar-refractivity contribution >= 4 is 11.8 Å². The van der Waals surface area contributed by atoms with E-state index in [1.807, 2.05) is 23.9 Å². The van der Waals surface area contributed by atoms with Crippen LogP contribution in [0.15, 0.2) is 29.2 Å². The maximum Gasteiger partial charge on any atom is 0.118 e. The third-order valence-electron chi connectivity index (χ3n) is 3.45. The van der Waals surface area contributed by atoms with Crippen molar-refractivity contribution in [2.75, 3.05) is 7.11 Å². The molecule has 0 heterocycles. The number of hydrogen-bond donors (Lipinski definition) is 1. The molecule has 0 bridgehead atoms. The summed E-state index contributed by atoms with van der Waals surface area (Å²) in [4.78, 5) is 1.29. The summed E-state index contributed by atoms with van der Waals surface area (Å²) in [5.74, 6) is 1.72. The molecule has 1 aromatic carbocycles. The lowest BCUT2D eigenvalue weighted by molar-refractivity contribution is 0.357. The zero-order chi connectivity index (χ0) is 12.3. The zero-order valence-corrected chi connectivity index (χ0v) is 11.4. The van der Waals surface area contributed by atoms with Crippen LogP contribution in [0.2, 0.25) is 0 Å². The number of rotatable bonds is 3. The Hall–Kier alpha value is -0.670. The molecular formula is C14H21NOS. The summed E-state index contributed by atoms with van der Waals surface area (Å²) in [5.41, 5.74) is 6.20. The minimum absolute atomic E-state index is 0.346. The molecule has 3 heteroatoms. The van der Waals surface area contributed by atoms with E-state index in [1.54, 1.807) is 7.11 Å². The summed E-state index contributed by atoms with van der Waals surface area (Å²) in [7, 11) is 1.70. The third-order valence-corrected chi connectivity index (χ3v) is 4.84. The summed E-state index contributed by atoms with van der Waals surface area (Å²) < 4.78 is 5.16. The maximum atomic E-state index is 6.20. The van der Waals surface area contributed by atoms with Gasteiger partial charge >= 0.3 is 0 Å². The molecule has 17 heavy (non-hydrogen) atoms. The smallest absolute Gasteiger partial charge is 0.118 e. The van der Waals surface area contributed by atoms with Crippen molar-refractivity contribution in [2.24, 2.45) is 11.7 Å². The van der Waals surface area contributed by atoms with Gasteiger partial charge in [0.15, 0.2) is 0 Å². The number of nitrogens with two attached hydrogens (primary N) is 1. The van der Waals surface area contributed by atoms with Gasteiger partial charge in [0, 0.05) is 16.2 Å². The Morgan fingerprint density at radius 1 is 1.24 bits per heavy atom. The second-order valence-corrected chi connectivity index (χ2v) is 6.23. The minimum Gasteiger partial charge on any atom is -0.497 e. The molecule has 1 aliphatic rings. The van der Waals surface area contributed by atoms with Crippen molar-refractivity contribution in [3.05, 3.63) is 24.3 Å². The lowest BCUT2D eigenvalue weighted by atomic mass is 9.87. The predicted molar refractivity (Wildman–Crippen MR) is 73.6 cm³/mol. The van der Waals surface area contributed by atoms with E-state index in [4.69, 9.17) is 10.5 Å². The van der Waals surface area contributed by atoms with E-state index in [2.05, 4.69) is 19.1 Å². The van der Waals surface area contributed by atoms with Crippen LogP contribution in [0, 0.1) is 5.92 Å². The van der Waals surface area contributed by atoms with Gasteiger partial charge in [0.1, 0.15) is 5.75 Å². The van der Waals surface area contributed by atoms with Crippen molar-refractivity contribution in [1.29, 1.82) is 0 Å². The van der Waals surface area contributed by atoms with Gasteiger partial charge in [0.25, 0.3) is 0 Å². The van der Waals surface area contributed by atoms with E-state index in [1.165, 1.54) is 17.7 Å². The van der Waals surface area contributed by atoms with Crippen LogP contribution in [-0.2, 0) is 0 Å². The van der Waals surface area contributed by atoms with Crippen molar-refractivity contribution in [2.45, 2.75) is 42.4 Å². The fraction of sp³-hybridized carbons (Fsp3) is 0.571. The first-order chi connectivity index (χ1) is 8.19. The number of ether oxygens (including phenoxy) is 1. The SMILES string of the molecule is COc1ccc(SC2CC(C)CCC2N)cc1.